The number of nitrogens with zero attached hydrogens (tertiary/aromatic N) is 3. The van der Waals surface area contributed by atoms with Crippen LogP contribution in [0.2, 0.25) is 0 Å². The number of para-hydroxylation sites is 1. The van der Waals surface area contributed by atoms with Gasteiger partial charge in [0.25, 0.3) is 0 Å². The van der Waals surface area contributed by atoms with Gasteiger partial charge in [-0.05, 0) is 95.0 Å². The van der Waals surface area contributed by atoms with Crippen LogP contribution in [0.15, 0.2) is 108 Å². The van der Waals surface area contributed by atoms with Crippen LogP contribution in [0.1, 0.15) is 69.2 Å². The van der Waals surface area contributed by atoms with Crippen LogP contribution in [0, 0.1) is 48.6 Å². The number of hydrogen-bond donors (Lipinski definition) is 0. The Labute approximate surface area is 360 Å². The van der Waals surface area contributed by atoms with Crippen molar-refractivity contribution < 1.29 is 30.2 Å². The van der Waals surface area contributed by atoms with Crippen LogP contribution in [0.25, 0.3) is 71.6 Å². The molecule has 296 valence electrons. The van der Waals surface area contributed by atoms with E-state index in [1.807, 2.05) is 6.07 Å². The molecule has 11 rings (SSSR count). The summed E-state index contributed by atoms with van der Waals surface area (Å²) in [5, 5.41) is 6.53. The van der Waals surface area contributed by atoms with Crippen molar-refractivity contribution >= 4 is 54.6 Å². The summed E-state index contributed by atoms with van der Waals surface area (Å²) in [6.45, 7) is 14.1. The van der Waals surface area contributed by atoms with Crippen LogP contribution in [-0.2, 0) is 33.9 Å². The molecule has 1 atom stereocenters. The minimum Gasteiger partial charge on any atom is -0.501 e. The summed E-state index contributed by atoms with van der Waals surface area (Å²) >= 11 is 0. The molecule has 2 aliphatic rings. The minimum absolute atomic E-state index is 0. The molecule has 0 radical (unpaired) electrons. The van der Waals surface area contributed by atoms with Gasteiger partial charge in [-0.3, -0.25) is 0 Å². The molecule has 9 aromatic rings. The van der Waals surface area contributed by atoms with E-state index in [9.17, 15) is 0 Å². The van der Waals surface area contributed by atoms with Crippen LogP contribution in [0.4, 0.5) is 0 Å². The number of aryl methyl sites for hydroxylation is 2. The maximum absolute atomic E-state index is 6.79. The fourth-order valence-electron chi connectivity index (χ4n) is 11.1. The number of ether oxygens (including phenoxy) is 1. The first kappa shape index (κ1) is 38.0. The number of rotatable bonds is 5. The van der Waals surface area contributed by atoms with Crippen molar-refractivity contribution in [2.75, 3.05) is 0 Å². The third kappa shape index (κ3) is 6.48. The van der Waals surface area contributed by atoms with E-state index in [0.717, 1.165) is 84.4 Å². The standard InChI is InChI=1S/C53H47N3O2.Pt/c1-31-15-17-38(21-32(31)2)56-46-14-10-9-13-41(46)42-18-20-48(55-51(42)56)57-39-25-43(50-44(26-39)49-40-12-8-7-11-33(40)16-19-47(49)58-50)45-24-35-22-34(23-36(35)29-54-45)37-27-52(3,4)30-53(5,6)28-37;/h7-16,18-21,24,26,29,34,37H,22-23,27-28,30H2,1-6H3;/q-2;+2. The topological polar surface area (TPSA) is 53.1 Å². The van der Waals surface area contributed by atoms with Crippen molar-refractivity contribution in [2.45, 2.75) is 73.6 Å². The largest absolute Gasteiger partial charge is 2.00 e. The summed E-state index contributed by atoms with van der Waals surface area (Å²) in [4.78, 5) is 10.3. The molecule has 1 saturated carbocycles. The maximum atomic E-state index is 6.79. The molecule has 0 amide bonds. The van der Waals surface area contributed by atoms with E-state index in [1.165, 1.54) is 41.5 Å². The molecule has 5 nitrogen and oxygen atoms in total. The van der Waals surface area contributed by atoms with Gasteiger partial charge < -0.3 is 18.7 Å². The monoisotopic (exact) mass is 952 g/mol. The van der Waals surface area contributed by atoms with Gasteiger partial charge in [-0.1, -0.05) is 130 Å². The van der Waals surface area contributed by atoms with E-state index in [0.29, 0.717) is 34.3 Å². The minimum atomic E-state index is 0. The molecule has 4 heterocycles. The number of aromatic nitrogens is 3. The summed E-state index contributed by atoms with van der Waals surface area (Å²) in [6, 6.07) is 41.0. The van der Waals surface area contributed by atoms with E-state index in [-0.39, 0.29) is 21.1 Å². The SMILES string of the molecule is Cc1c[c-]c(-n2c3ccccc3c3ccc(Oc4[c-]c(-c5cc6c(cn5)CC(C5CC(C)(C)CC(C)(C)C5)C6)c5oc6ccc7ccccc7c6c5c4)nc32)cc1C.[Pt+2]. The molecule has 0 N–H and O–H groups in total. The number of hydrogen-bond acceptors (Lipinski definition) is 4. The van der Waals surface area contributed by atoms with E-state index in [2.05, 4.69) is 155 Å². The van der Waals surface area contributed by atoms with E-state index >= 15 is 0 Å². The number of pyridine rings is 2. The quantitative estimate of drug-likeness (QED) is 0.161. The van der Waals surface area contributed by atoms with Crippen LogP contribution < -0.4 is 4.74 Å². The molecule has 59 heavy (non-hydrogen) atoms. The molecular weight excluding hydrogens is 906 g/mol. The molecule has 1 unspecified atom stereocenters. The second-order valence-electron chi connectivity index (χ2n) is 18.9. The number of furan rings is 1. The summed E-state index contributed by atoms with van der Waals surface area (Å²) in [7, 11) is 0. The van der Waals surface area contributed by atoms with Gasteiger partial charge >= 0.3 is 21.1 Å². The third-order valence-electron chi connectivity index (χ3n) is 13.3. The number of benzene rings is 5. The van der Waals surface area contributed by atoms with Gasteiger partial charge in [0.1, 0.15) is 11.2 Å². The summed E-state index contributed by atoms with van der Waals surface area (Å²) in [5.74, 6) is 2.41. The first-order chi connectivity index (χ1) is 28.0. The first-order valence-electron chi connectivity index (χ1n) is 20.8. The smallest absolute Gasteiger partial charge is 0.501 e. The summed E-state index contributed by atoms with van der Waals surface area (Å²) < 4.78 is 15.7. The van der Waals surface area contributed by atoms with Crippen LogP contribution in [0.5, 0.6) is 11.6 Å². The summed E-state index contributed by atoms with van der Waals surface area (Å²) in [6.07, 6.45) is 8.17. The van der Waals surface area contributed by atoms with Crippen molar-refractivity contribution in [2.24, 2.45) is 22.7 Å². The Hall–Kier alpha value is -5.25. The van der Waals surface area contributed by atoms with E-state index in [4.69, 9.17) is 19.1 Å². The van der Waals surface area contributed by atoms with Crippen molar-refractivity contribution in [3.8, 4) is 28.6 Å². The second-order valence-corrected chi connectivity index (χ2v) is 18.9. The summed E-state index contributed by atoms with van der Waals surface area (Å²) in [5.41, 5.74) is 12.0. The molecule has 0 spiro atoms. The second kappa shape index (κ2) is 13.9. The molecular formula is C53H47N3O2Pt. The average Bonchev–Trinajstić information content (AvgIpc) is 3.89. The Balaban J connectivity index is 0.00000420. The van der Waals surface area contributed by atoms with Gasteiger partial charge in [0.15, 0.2) is 0 Å². The van der Waals surface area contributed by atoms with Gasteiger partial charge in [-0.2, -0.15) is 28.2 Å². The Morgan fingerprint density at radius 3 is 2.34 bits per heavy atom. The average molecular weight is 953 g/mol. The number of fused-ring (bicyclic) bond motifs is 9. The normalized spacial score (nSPS) is 17.6. The Morgan fingerprint density at radius 1 is 0.763 bits per heavy atom. The van der Waals surface area contributed by atoms with Crippen LogP contribution >= 0.6 is 0 Å². The molecule has 6 heteroatoms. The van der Waals surface area contributed by atoms with Gasteiger partial charge in [-0.25, -0.2) is 0 Å². The van der Waals surface area contributed by atoms with Gasteiger partial charge in [0.2, 0.25) is 5.88 Å². The van der Waals surface area contributed by atoms with Gasteiger partial charge in [-0.15, -0.1) is 6.07 Å². The van der Waals surface area contributed by atoms with Crippen LogP contribution in [0.3, 0.4) is 0 Å². The van der Waals surface area contributed by atoms with Crippen molar-refractivity contribution in [1.82, 2.24) is 14.5 Å². The molecule has 0 aliphatic heterocycles. The van der Waals surface area contributed by atoms with Crippen molar-refractivity contribution in [3.63, 3.8) is 0 Å². The van der Waals surface area contributed by atoms with E-state index in [1.54, 1.807) is 0 Å². The van der Waals surface area contributed by atoms with E-state index < -0.39 is 0 Å². The predicted molar refractivity (Wildman–Crippen MR) is 236 cm³/mol. The maximum Gasteiger partial charge on any atom is 2.00 e. The van der Waals surface area contributed by atoms with Crippen molar-refractivity contribution in [3.05, 3.63) is 138 Å². The van der Waals surface area contributed by atoms with Crippen molar-refractivity contribution in [1.29, 1.82) is 0 Å². The Morgan fingerprint density at radius 2 is 1.53 bits per heavy atom. The fraction of sp³-hybridized carbons (Fsp3) is 0.283. The van der Waals surface area contributed by atoms with Gasteiger partial charge in [0, 0.05) is 34.2 Å². The predicted octanol–water partition coefficient (Wildman–Crippen LogP) is 13.9. The fourth-order valence-corrected chi connectivity index (χ4v) is 11.1. The zero-order valence-electron chi connectivity index (χ0n) is 34.5. The zero-order valence-corrected chi connectivity index (χ0v) is 36.8. The third-order valence-corrected chi connectivity index (χ3v) is 13.3. The molecule has 2 aliphatic carbocycles. The molecule has 0 bridgehead atoms. The molecule has 1 fully saturated rings. The molecule has 5 aromatic carbocycles. The Bertz CT molecular complexity index is 3120. The van der Waals surface area contributed by atoms with Crippen LogP contribution in [-0.4, -0.2) is 14.5 Å². The Kier molecular flexibility index (Phi) is 8.96. The first-order valence-corrected chi connectivity index (χ1v) is 20.8. The zero-order chi connectivity index (χ0) is 39.5. The van der Waals surface area contributed by atoms with Gasteiger partial charge in [0.05, 0.1) is 11.1 Å². The molecule has 4 aromatic heterocycles. The molecule has 0 saturated heterocycles.